The van der Waals surface area contributed by atoms with Crippen LogP contribution in [0.3, 0.4) is 0 Å². The summed E-state index contributed by atoms with van der Waals surface area (Å²) in [5, 5.41) is 2.93. The van der Waals surface area contributed by atoms with Gasteiger partial charge in [-0.3, -0.25) is 10.2 Å². The van der Waals surface area contributed by atoms with E-state index in [-0.39, 0.29) is 24.0 Å². The average molecular weight is 283 g/mol. The van der Waals surface area contributed by atoms with Gasteiger partial charge in [0, 0.05) is 27.1 Å². The smallest absolute Gasteiger partial charge is 0.323 e. The van der Waals surface area contributed by atoms with Crippen LogP contribution in [0.1, 0.15) is 20.3 Å². The van der Waals surface area contributed by atoms with Crippen molar-refractivity contribution in [3.63, 3.8) is 0 Å². The molecule has 0 aliphatic rings. The fraction of sp³-hybridized carbons (Fsp3) is 0.636. The lowest BCUT2D eigenvalue weighted by Crippen LogP contribution is -2.24. The molecule has 1 heterocycles. The summed E-state index contributed by atoms with van der Waals surface area (Å²) in [6.07, 6.45) is 0.274. The lowest BCUT2D eigenvalue weighted by molar-refractivity contribution is -0.128. The highest BCUT2D eigenvalue weighted by molar-refractivity contribution is 5.75. The van der Waals surface area contributed by atoms with Crippen molar-refractivity contribution in [2.45, 2.75) is 26.4 Å². The number of nitrogens with one attached hydrogen (secondary N) is 2. The summed E-state index contributed by atoms with van der Waals surface area (Å²) in [5.41, 5.74) is 2.34. The van der Waals surface area contributed by atoms with E-state index in [9.17, 15) is 4.79 Å². The number of aromatic nitrogens is 3. The van der Waals surface area contributed by atoms with E-state index in [4.69, 9.17) is 10.6 Å². The summed E-state index contributed by atoms with van der Waals surface area (Å²) >= 11 is 0. The average Bonchev–Trinajstić information content (AvgIpc) is 2.37. The topological polar surface area (TPSA) is 118 Å². The number of ether oxygens (including phenoxy) is 1. The minimum absolute atomic E-state index is 0.0161. The van der Waals surface area contributed by atoms with Crippen LogP contribution in [0, 0.1) is 0 Å². The summed E-state index contributed by atoms with van der Waals surface area (Å²) in [7, 11) is 3.41. The molecule has 1 aromatic rings. The standard InChI is InChI=1S/C11H21N7O2/c1-7(2)20-11-15-9(14-10(16-11)17-12)13-6-5-8(19)18(3)4/h7H,5-6,12H2,1-4H3,(H2,13,14,15,16,17). The van der Waals surface area contributed by atoms with Gasteiger partial charge in [0.05, 0.1) is 6.10 Å². The van der Waals surface area contributed by atoms with Crippen LogP contribution in [-0.2, 0) is 4.79 Å². The maximum atomic E-state index is 11.4. The van der Waals surface area contributed by atoms with Gasteiger partial charge in [-0.15, -0.1) is 0 Å². The predicted octanol–water partition coefficient (Wildman–Crippen LogP) is -0.165. The molecule has 0 saturated carbocycles. The summed E-state index contributed by atoms with van der Waals surface area (Å²) in [6.45, 7) is 4.14. The Balaban J connectivity index is 2.66. The molecule has 1 rings (SSSR count). The van der Waals surface area contributed by atoms with Crippen molar-refractivity contribution in [1.29, 1.82) is 0 Å². The van der Waals surface area contributed by atoms with Crippen LogP contribution < -0.4 is 21.3 Å². The normalized spacial score (nSPS) is 10.3. The Hall–Kier alpha value is -2.16. The lowest BCUT2D eigenvalue weighted by atomic mass is 10.4. The molecule has 0 bridgehead atoms. The predicted molar refractivity (Wildman–Crippen MR) is 75.2 cm³/mol. The maximum absolute atomic E-state index is 11.4. The minimum atomic E-state index is -0.0637. The number of hydrogen-bond acceptors (Lipinski definition) is 8. The first-order chi connectivity index (χ1) is 9.42. The summed E-state index contributed by atoms with van der Waals surface area (Å²) < 4.78 is 5.39. The number of hydrazine groups is 1. The van der Waals surface area contributed by atoms with Crippen molar-refractivity contribution in [2.24, 2.45) is 5.84 Å². The van der Waals surface area contributed by atoms with Gasteiger partial charge in [-0.1, -0.05) is 0 Å². The van der Waals surface area contributed by atoms with Gasteiger partial charge >= 0.3 is 6.01 Å². The van der Waals surface area contributed by atoms with E-state index in [1.54, 1.807) is 14.1 Å². The Kier molecular flexibility index (Phi) is 5.91. The first-order valence-electron chi connectivity index (χ1n) is 6.25. The molecule has 112 valence electrons. The van der Waals surface area contributed by atoms with E-state index in [1.165, 1.54) is 4.90 Å². The number of nitrogens with zero attached hydrogens (tertiary/aromatic N) is 4. The molecular weight excluding hydrogens is 262 g/mol. The Morgan fingerprint density at radius 1 is 1.30 bits per heavy atom. The van der Waals surface area contributed by atoms with Crippen LogP contribution in [0.15, 0.2) is 0 Å². The van der Waals surface area contributed by atoms with Crippen molar-refractivity contribution in [3.8, 4) is 6.01 Å². The fourth-order valence-corrected chi connectivity index (χ4v) is 1.27. The highest BCUT2D eigenvalue weighted by Crippen LogP contribution is 2.11. The second-order valence-electron chi connectivity index (χ2n) is 4.54. The van der Waals surface area contributed by atoms with Gasteiger partial charge in [-0.25, -0.2) is 5.84 Å². The van der Waals surface area contributed by atoms with Gasteiger partial charge in [0.15, 0.2) is 0 Å². The number of carbonyl (C=O) groups is 1. The van der Waals surface area contributed by atoms with Crippen LogP contribution in [0.25, 0.3) is 0 Å². The Morgan fingerprint density at radius 3 is 2.50 bits per heavy atom. The second kappa shape index (κ2) is 7.43. The number of anilines is 2. The van der Waals surface area contributed by atoms with Crippen LogP contribution >= 0.6 is 0 Å². The molecule has 20 heavy (non-hydrogen) atoms. The number of hydrogen-bond donors (Lipinski definition) is 3. The van der Waals surface area contributed by atoms with E-state index in [1.807, 2.05) is 13.8 Å². The first kappa shape index (κ1) is 15.9. The molecule has 0 fully saturated rings. The summed E-state index contributed by atoms with van der Waals surface area (Å²) in [5.74, 6) is 5.80. The number of rotatable bonds is 7. The van der Waals surface area contributed by atoms with Gasteiger partial charge in [0.25, 0.3) is 0 Å². The second-order valence-corrected chi connectivity index (χ2v) is 4.54. The zero-order valence-corrected chi connectivity index (χ0v) is 12.2. The molecule has 1 amide bonds. The molecule has 0 aliphatic heterocycles. The molecule has 0 unspecified atom stereocenters. The maximum Gasteiger partial charge on any atom is 0.323 e. The Labute approximate surface area is 117 Å². The van der Waals surface area contributed by atoms with Crippen LogP contribution in [0.4, 0.5) is 11.9 Å². The molecule has 0 saturated heterocycles. The minimum Gasteiger partial charge on any atom is -0.461 e. The molecule has 9 nitrogen and oxygen atoms in total. The third kappa shape index (κ3) is 5.22. The van der Waals surface area contributed by atoms with E-state index < -0.39 is 0 Å². The van der Waals surface area contributed by atoms with E-state index in [0.29, 0.717) is 18.9 Å². The molecule has 0 atom stereocenters. The molecule has 1 aromatic heterocycles. The van der Waals surface area contributed by atoms with Crippen molar-refractivity contribution in [2.75, 3.05) is 31.4 Å². The van der Waals surface area contributed by atoms with Gasteiger partial charge in [0.1, 0.15) is 0 Å². The molecule has 0 aromatic carbocycles. The Bertz CT molecular complexity index is 450. The first-order valence-corrected chi connectivity index (χ1v) is 6.25. The molecule has 0 spiro atoms. The van der Waals surface area contributed by atoms with E-state index >= 15 is 0 Å². The molecule has 4 N–H and O–H groups in total. The molecular formula is C11H21N7O2. The zero-order chi connectivity index (χ0) is 15.1. The lowest BCUT2D eigenvalue weighted by Gasteiger charge is -2.12. The summed E-state index contributed by atoms with van der Waals surface area (Å²) in [6, 6.07) is 0.171. The quantitative estimate of drug-likeness (QED) is 0.466. The number of amides is 1. The van der Waals surface area contributed by atoms with Crippen molar-refractivity contribution in [1.82, 2.24) is 19.9 Å². The molecule has 9 heteroatoms. The van der Waals surface area contributed by atoms with Crippen molar-refractivity contribution >= 4 is 17.8 Å². The SMILES string of the molecule is CC(C)Oc1nc(NN)nc(NCCC(=O)N(C)C)n1. The largest absolute Gasteiger partial charge is 0.461 e. The van der Waals surface area contributed by atoms with E-state index in [2.05, 4.69) is 25.7 Å². The number of nitrogens with two attached hydrogens (primary N) is 1. The van der Waals surface area contributed by atoms with Crippen molar-refractivity contribution < 1.29 is 9.53 Å². The van der Waals surface area contributed by atoms with Crippen LogP contribution in [0.5, 0.6) is 6.01 Å². The van der Waals surface area contributed by atoms with Gasteiger partial charge in [0.2, 0.25) is 17.8 Å². The summed E-state index contributed by atoms with van der Waals surface area (Å²) in [4.78, 5) is 25.0. The van der Waals surface area contributed by atoms with Gasteiger partial charge in [-0.2, -0.15) is 15.0 Å². The Morgan fingerprint density at radius 2 is 1.95 bits per heavy atom. The van der Waals surface area contributed by atoms with E-state index in [0.717, 1.165) is 0 Å². The van der Waals surface area contributed by atoms with Crippen LogP contribution in [-0.4, -0.2) is 52.5 Å². The van der Waals surface area contributed by atoms with Gasteiger partial charge in [-0.05, 0) is 13.8 Å². The van der Waals surface area contributed by atoms with Crippen molar-refractivity contribution in [3.05, 3.63) is 0 Å². The highest BCUT2D eigenvalue weighted by atomic mass is 16.5. The highest BCUT2D eigenvalue weighted by Gasteiger charge is 2.09. The third-order valence-electron chi connectivity index (χ3n) is 2.21. The van der Waals surface area contributed by atoms with Crippen LogP contribution in [0.2, 0.25) is 0 Å². The third-order valence-corrected chi connectivity index (χ3v) is 2.21. The zero-order valence-electron chi connectivity index (χ0n) is 12.2. The monoisotopic (exact) mass is 283 g/mol. The number of carbonyl (C=O) groups excluding carboxylic acids is 1. The fourth-order valence-electron chi connectivity index (χ4n) is 1.27. The molecule has 0 radical (unpaired) electrons. The number of nitrogen functional groups attached to an aromatic ring is 1. The van der Waals surface area contributed by atoms with Gasteiger partial charge < -0.3 is 15.0 Å². The molecule has 0 aliphatic carbocycles.